The lowest BCUT2D eigenvalue weighted by atomic mass is 10.0. The molecular weight excluding hydrogens is 294 g/mol. The van der Waals surface area contributed by atoms with Gasteiger partial charge in [0.15, 0.2) is 11.5 Å². The third kappa shape index (κ3) is 2.62. The van der Waals surface area contributed by atoms with Gasteiger partial charge in [0.05, 0.1) is 10.4 Å². The van der Waals surface area contributed by atoms with Crippen molar-refractivity contribution in [2.24, 2.45) is 0 Å². The Morgan fingerprint density at radius 1 is 1.23 bits per heavy atom. The highest BCUT2D eigenvalue weighted by molar-refractivity contribution is 7.13. The smallest absolute Gasteiger partial charge is 0.205 e. The van der Waals surface area contributed by atoms with Gasteiger partial charge in [-0.25, -0.2) is 0 Å². The van der Waals surface area contributed by atoms with Crippen LogP contribution in [0, 0.1) is 0 Å². The zero-order valence-corrected chi connectivity index (χ0v) is 13.5. The maximum atomic E-state index is 10.7. The lowest BCUT2D eigenvalue weighted by molar-refractivity contribution is 0.467. The van der Waals surface area contributed by atoms with Gasteiger partial charge in [0.2, 0.25) is 5.88 Å². The standard InChI is InChI=1S/C18H19NO2S/c1-3-6-12-7-4-8-13(11-12)15-16(20)17(21-18(15)19-2)14-9-5-10-22-14/h4-5,7-11,19-20H,3,6H2,1-2H3. The van der Waals surface area contributed by atoms with Crippen LogP contribution in [-0.4, -0.2) is 12.2 Å². The summed E-state index contributed by atoms with van der Waals surface area (Å²) in [5.74, 6) is 1.31. The number of hydrogen-bond acceptors (Lipinski definition) is 4. The van der Waals surface area contributed by atoms with Crippen LogP contribution >= 0.6 is 11.3 Å². The van der Waals surface area contributed by atoms with Crippen molar-refractivity contribution < 1.29 is 9.52 Å². The summed E-state index contributed by atoms with van der Waals surface area (Å²) in [6.07, 6.45) is 2.12. The Bertz CT molecular complexity index is 759. The van der Waals surface area contributed by atoms with Crippen molar-refractivity contribution >= 4 is 17.2 Å². The Kier molecular flexibility index (Phi) is 4.20. The molecule has 3 aromatic rings. The highest BCUT2D eigenvalue weighted by Crippen LogP contribution is 2.47. The fourth-order valence-corrected chi connectivity index (χ4v) is 3.32. The van der Waals surface area contributed by atoms with E-state index in [1.807, 2.05) is 29.6 Å². The molecule has 0 saturated carbocycles. The highest BCUT2D eigenvalue weighted by Gasteiger charge is 2.22. The van der Waals surface area contributed by atoms with Crippen LogP contribution in [0.3, 0.4) is 0 Å². The quantitative estimate of drug-likeness (QED) is 0.665. The van der Waals surface area contributed by atoms with Gasteiger partial charge < -0.3 is 14.8 Å². The van der Waals surface area contributed by atoms with E-state index in [2.05, 4.69) is 24.4 Å². The van der Waals surface area contributed by atoms with Crippen molar-refractivity contribution in [2.75, 3.05) is 12.4 Å². The van der Waals surface area contributed by atoms with E-state index in [-0.39, 0.29) is 5.75 Å². The molecule has 22 heavy (non-hydrogen) atoms. The predicted octanol–water partition coefficient (Wildman–Crippen LogP) is 5.37. The van der Waals surface area contributed by atoms with Crippen LogP contribution in [0.25, 0.3) is 21.8 Å². The lowest BCUT2D eigenvalue weighted by Crippen LogP contribution is -1.89. The Hall–Kier alpha value is -2.20. The Labute approximate surface area is 134 Å². The van der Waals surface area contributed by atoms with E-state index in [0.29, 0.717) is 11.6 Å². The number of nitrogens with one attached hydrogen (secondary N) is 1. The second-order valence-electron chi connectivity index (χ2n) is 5.16. The largest absolute Gasteiger partial charge is 0.504 e. The average molecular weight is 313 g/mol. The molecule has 2 heterocycles. The van der Waals surface area contributed by atoms with E-state index in [0.717, 1.165) is 28.8 Å². The normalized spacial score (nSPS) is 10.8. The summed E-state index contributed by atoms with van der Waals surface area (Å²) < 4.78 is 5.84. The summed E-state index contributed by atoms with van der Waals surface area (Å²) in [6.45, 7) is 2.16. The number of aryl methyl sites for hydroxylation is 1. The van der Waals surface area contributed by atoms with Crippen LogP contribution in [0.5, 0.6) is 5.75 Å². The Balaban J connectivity index is 2.12. The third-order valence-corrected chi connectivity index (χ3v) is 4.48. The molecule has 1 aromatic carbocycles. The molecule has 0 atom stereocenters. The van der Waals surface area contributed by atoms with Gasteiger partial charge in [0.1, 0.15) is 0 Å². The molecule has 2 N–H and O–H groups in total. The van der Waals surface area contributed by atoms with Crippen LogP contribution in [0.4, 0.5) is 5.88 Å². The Morgan fingerprint density at radius 2 is 2.09 bits per heavy atom. The Morgan fingerprint density at radius 3 is 2.77 bits per heavy atom. The number of benzene rings is 1. The highest BCUT2D eigenvalue weighted by atomic mass is 32.1. The molecule has 0 aliphatic rings. The first-order chi connectivity index (χ1) is 10.7. The maximum absolute atomic E-state index is 10.7. The monoisotopic (exact) mass is 313 g/mol. The topological polar surface area (TPSA) is 45.4 Å². The van der Waals surface area contributed by atoms with Crippen LogP contribution in [-0.2, 0) is 6.42 Å². The van der Waals surface area contributed by atoms with Gasteiger partial charge in [-0.15, -0.1) is 11.3 Å². The van der Waals surface area contributed by atoms with Crippen molar-refractivity contribution in [2.45, 2.75) is 19.8 Å². The van der Waals surface area contributed by atoms with Gasteiger partial charge in [0, 0.05) is 7.05 Å². The first-order valence-corrected chi connectivity index (χ1v) is 8.29. The molecule has 0 bridgehead atoms. The van der Waals surface area contributed by atoms with Gasteiger partial charge in [-0.3, -0.25) is 0 Å². The molecule has 114 valence electrons. The first kappa shape index (κ1) is 14.7. The van der Waals surface area contributed by atoms with Crippen molar-refractivity contribution in [1.29, 1.82) is 0 Å². The predicted molar refractivity (Wildman–Crippen MR) is 92.7 cm³/mol. The van der Waals surface area contributed by atoms with Crippen LogP contribution in [0.1, 0.15) is 18.9 Å². The number of anilines is 1. The molecule has 2 aromatic heterocycles. The zero-order valence-electron chi connectivity index (χ0n) is 12.7. The minimum Gasteiger partial charge on any atom is -0.504 e. The molecular formula is C18H19NO2S. The van der Waals surface area contributed by atoms with E-state index < -0.39 is 0 Å². The molecule has 0 aliphatic carbocycles. The first-order valence-electron chi connectivity index (χ1n) is 7.41. The third-order valence-electron chi connectivity index (χ3n) is 3.61. The van der Waals surface area contributed by atoms with Gasteiger partial charge >= 0.3 is 0 Å². The maximum Gasteiger partial charge on any atom is 0.205 e. The fourth-order valence-electron chi connectivity index (χ4n) is 2.61. The second-order valence-corrected chi connectivity index (χ2v) is 6.11. The van der Waals surface area contributed by atoms with Crippen molar-refractivity contribution in [1.82, 2.24) is 0 Å². The van der Waals surface area contributed by atoms with E-state index in [1.54, 1.807) is 18.4 Å². The molecule has 0 amide bonds. The molecule has 0 radical (unpaired) electrons. The van der Waals surface area contributed by atoms with Crippen LogP contribution in [0.2, 0.25) is 0 Å². The molecule has 4 heteroatoms. The number of rotatable bonds is 5. The fraction of sp³-hybridized carbons (Fsp3) is 0.222. The van der Waals surface area contributed by atoms with E-state index in [9.17, 15) is 5.11 Å². The molecule has 0 unspecified atom stereocenters. The van der Waals surface area contributed by atoms with Gasteiger partial charge in [0.25, 0.3) is 0 Å². The number of thiophene rings is 1. The number of aromatic hydroxyl groups is 1. The second kappa shape index (κ2) is 6.28. The van der Waals surface area contributed by atoms with E-state index >= 15 is 0 Å². The van der Waals surface area contributed by atoms with Crippen molar-refractivity contribution in [3.63, 3.8) is 0 Å². The molecule has 3 nitrogen and oxygen atoms in total. The molecule has 0 aliphatic heterocycles. The number of furan rings is 1. The minimum atomic E-state index is 0.195. The van der Waals surface area contributed by atoms with Crippen LogP contribution < -0.4 is 5.32 Å². The van der Waals surface area contributed by atoms with Gasteiger partial charge in [-0.1, -0.05) is 43.7 Å². The zero-order chi connectivity index (χ0) is 15.5. The van der Waals surface area contributed by atoms with Gasteiger partial charge in [-0.05, 0) is 29.0 Å². The molecule has 0 fully saturated rings. The summed E-state index contributed by atoms with van der Waals surface area (Å²) >= 11 is 1.55. The summed E-state index contributed by atoms with van der Waals surface area (Å²) in [4.78, 5) is 0.921. The average Bonchev–Trinajstić information content (AvgIpc) is 3.15. The van der Waals surface area contributed by atoms with Crippen LogP contribution in [0.15, 0.2) is 46.2 Å². The lowest BCUT2D eigenvalue weighted by Gasteiger charge is -2.05. The summed E-state index contributed by atoms with van der Waals surface area (Å²) in [5, 5.41) is 15.7. The van der Waals surface area contributed by atoms with Gasteiger partial charge in [-0.2, -0.15) is 0 Å². The summed E-state index contributed by atoms with van der Waals surface area (Å²) in [5.41, 5.74) is 2.96. The SMILES string of the molecule is CCCc1cccc(-c2c(NC)oc(-c3cccs3)c2O)c1. The molecule has 0 saturated heterocycles. The number of hydrogen-bond donors (Lipinski definition) is 2. The van der Waals surface area contributed by atoms with Crippen molar-refractivity contribution in [3.8, 4) is 27.5 Å². The summed E-state index contributed by atoms with van der Waals surface area (Å²) in [6, 6.07) is 12.2. The van der Waals surface area contributed by atoms with Crippen molar-refractivity contribution in [3.05, 3.63) is 47.3 Å². The molecule has 0 spiro atoms. The van der Waals surface area contributed by atoms with E-state index in [1.165, 1.54) is 5.56 Å². The minimum absolute atomic E-state index is 0.195. The molecule has 3 rings (SSSR count). The summed E-state index contributed by atoms with van der Waals surface area (Å²) in [7, 11) is 1.80. The van der Waals surface area contributed by atoms with E-state index in [4.69, 9.17) is 4.42 Å².